The molecule has 0 unspecified atom stereocenters. The number of rotatable bonds is 1. The van der Waals surface area contributed by atoms with Crippen molar-refractivity contribution in [2.45, 2.75) is 6.04 Å². The van der Waals surface area contributed by atoms with Crippen LogP contribution in [-0.2, 0) is 0 Å². The molecule has 2 nitrogen and oxygen atoms in total. The molecule has 0 spiro atoms. The van der Waals surface area contributed by atoms with E-state index in [0.29, 0.717) is 0 Å². The van der Waals surface area contributed by atoms with E-state index in [-0.39, 0.29) is 11.9 Å². The molecule has 0 fully saturated rings. The molecule has 3 rings (SSSR count). The van der Waals surface area contributed by atoms with Crippen LogP contribution in [0.4, 0.5) is 0 Å². The Morgan fingerprint density at radius 3 is 2.38 bits per heavy atom. The molecule has 0 aromatic heterocycles. The largest absolute Gasteiger partial charge is 0.341 e. The van der Waals surface area contributed by atoms with Crippen molar-refractivity contribution in [3.05, 3.63) is 71.3 Å². The first-order chi connectivity index (χ1) is 7.86. The summed E-state index contributed by atoms with van der Waals surface area (Å²) < 4.78 is 0. The third-order valence-corrected chi connectivity index (χ3v) is 2.92. The molecule has 2 heteroatoms. The first-order valence-electron chi connectivity index (χ1n) is 5.31. The van der Waals surface area contributed by atoms with Gasteiger partial charge in [-0.05, 0) is 17.2 Å². The summed E-state index contributed by atoms with van der Waals surface area (Å²) in [6.07, 6.45) is 0. The van der Waals surface area contributed by atoms with Gasteiger partial charge < -0.3 is 5.32 Å². The van der Waals surface area contributed by atoms with E-state index in [1.807, 2.05) is 54.6 Å². The Hall–Kier alpha value is -2.09. The van der Waals surface area contributed by atoms with Crippen LogP contribution in [0.5, 0.6) is 0 Å². The Kier molecular flexibility index (Phi) is 2.00. The maximum atomic E-state index is 11.7. The molecule has 1 aliphatic rings. The fourth-order valence-electron chi connectivity index (χ4n) is 2.15. The van der Waals surface area contributed by atoms with Gasteiger partial charge in [0.05, 0.1) is 6.04 Å². The van der Waals surface area contributed by atoms with E-state index in [4.69, 9.17) is 0 Å². The highest BCUT2D eigenvalue weighted by Crippen LogP contribution is 2.30. The van der Waals surface area contributed by atoms with E-state index in [1.54, 1.807) is 0 Å². The Labute approximate surface area is 93.9 Å². The fourth-order valence-corrected chi connectivity index (χ4v) is 2.15. The van der Waals surface area contributed by atoms with Gasteiger partial charge in [0.25, 0.3) is 5.91 Å². The summed E-state index contributed by atoms with van der Waals surface area (Å²) in [7, 11) is 0. The topological polar surface area (TPSA) is 29.1 Å². The molecule has 1 aliphatic heterocycles. The Morgan fingerprint density at radius 1 is 0.875 bits per heavy atom. The molecule has 1 amide bonds. The zero-order chi connectivity index (χ0) is 11.0. The van der Waals surface area contributed by atoms with Crippen LogP contribution in [0.15, 0.2) is 54.6 Å². The number of nitrogens with one attached hydrogen (secondary N) is 1. The lowest BCUT2D eigenvalue weighted by molar-refractivity contribution is 0.0960. The van der Waals surface area contributed by atoms with Crippen LogP contribution in [0.1, 0.15) is 27.5 Å². The zero-order valence-corrected chi connectivity index (χ0v) is 8.68. The van der Waals surface area contributed by atoms with E-state index in [0.717, 1.165) is 16.7 Å². The Balaban J connectivity index is 2.11. The summed E-state index contributed by atoms with van der Waals surface area (Å²) in [6, 6.07) is 17.8. The average Bonchev–Trinajstić information content (AvgIpc) is 2.69. The van der Waals surface area contributed by atoms with Gasteiger partial charge in [-0.25, -0.2) is 0 Å². The lowest BCUT2D eigenvalue weighted by Crippen LogP contribution is -2.19. The van der Waals surface area contributed by atoms with Crippen molar-refractivity contribution in [1.82, 2.24) is 5.32 Å². The fraction of sp³-hybridized carbons (Fsp3) is 0.0714. The van der Waals surface area contributed by atoms with Crippen molar-refractivity contribution in [1.29, 1.82) is 0 Å². The SMILES string of the molecule is O=C1N[C@@H](c2ccccc2)c2ccccc21. The van der Waals surface area contributed by atoms with Gasteiger partial charge in [-0.2, -0.15) is 0 Å². The molecule has 1 N–H and O–H groups in total. The molecule has 0 aliphatic carbocycles. The number of benzene rings is 2. The van der Waals surface area contributed by atoms with E-state index in [1.165, 1.54) is 0 Å². The van der Waals surface area contributed by atoms with Crippen molar-refractivity contribution >= 4 is 5.91 Å². The maximum Gasteiger partial charge on any atom is 0.252 e. The highest BCUT2D eigenvalue weighted by Gasteiger charge is 2.28. The average molecular weight is 209 g/mol. The minimum atomic E-state index is 0.00454. The molecule has 2 aromatic carbocycles. The first kappa shape index (κ1) is 9.16. The van der Waals surface area contributed by atoms with Crippen LogP contribution in [0.25, 0.3) is 0 Å². The highest BCUT2D eigenvalue weighted by atomic mass is 16.2. The quantitative estimate of drug-likeness (QED) is 0.768. The third kappa shape index (κ3) is 1.31. The van der Waals surface area contributed by atoms with Crippen molar-refractivity contribution < 1.29 is 4.79 Å². The summed E-state index contributed by atoms with van der Waals surface area (Å²) in [5, 5.41) is 3.00. The number of hydrogen-bond acceptors (Lipinski definition) is 1. The summed E-state index contributed by atoms with van der Waals surface area (Å²) >= 11 is 0. The summed E-state index contributed by atoms with van der Waals surface area (Å²) in [5.41, 5.74) is 2.98. The van der Waals surface area contributed by atoms with Gasteiger partial charge in [0, 0.05) is 5.56 Å². The predicted octanol–water partition coefficient (Wildman–Crippen LogP) is 2.52. The van der Waals surface area contributed by atoms with E-state index in [9.17, 15) is 4.79 Å². The summed E-state index contributed by atoms with van der Waals surface area (Å²) in [4.78, 5) is 11.7. The van der Waals surface area contributed by atoms with Gasteiger partial charge in [0.2, 0.25) is 0 Å². The van der Waals surface area contributed by atoms with Gasteiger partial charge in [0.15, 0.2) is 0 Å². The number of fused-ring (bicyclic) bond motifs is 1. The molecule has 1 atom stereocenters. The summed E-state index contributed by atoms with van der Waals surface area (Å²) in [6.45, 7) is 0. The molecule has 0 bridgehead atoms. The van der Waals surface area contributed by atoms with Crippen molar-refractivity contribution in [2.24, 2.45) is 0 Å². The monoisotopic (exact) mass is 209 g/mol. The minimum Gasteiger partial charge on any atom is -0.341 e. The van der Waals surface area contributed by atoms with Crippen molar-refractivity contribution in [3.8, 4) is 0 Å². The zero-order valence-electron chi connectivity index (χ0n) is 8.68. The number of amides is 1. The molecule has 1 heterocycles. The highest BCUT2D eigenvalue weighted by molar-refractivity contribution is 5.99. The molecule has 0 radical (unpaired) electrons. The van der Waals surface area contributed by atoms with Crippen molar-refractivity contribution in [2.75, 3.05) is 0 Å². The van der Waals surface area contributed by atoms with E-state index >= 15 is 0 Å². The van der Waals surface area contributed by atoms with Gasteiger partial charge >= 0.3 is 0 Å². The number of hydrogen-bond donors (Lipinski definition) is 1. The van der Waals surface area contributed by atoms with Crippen molar-refractivity contribution in [3.63, 3.8) is 0 Å². The molecule has 2 aromatic rings. The molecule has 16 heavy (non-hydrogen) atoms. The minimum absolute atomic E-state index is 0.00454. The number of carbonyl (C=O) groups excluding carboxylic acids is 1. The molecule has 78 valence electrons. The van der Waals surface area contributed by atoms with Crippen LogP contribution in [0.2, 0.25) is 0 Å². The molecular weight excluding hydrogens is 198 g/mol. The normalized spacial score (nSPS) is 18.0. The van der Waals surface area contributed by atoms with Crippen LogP contribution >= 0.6 is 0 Å². The lowest BCUT2D eigenvalue weighted by atomic mass is 9.99. The smallest absolute Gasteiger partial charge is 0.252 e. The van der Waals surface area contributed by atoms with E-state index in [2.05, 4.69) is 5.32 Å². The van der Waals surface area contributed by atoms with Crippen LogP contribution in [0.3, 0.4) is 0 Å². The van der Waals surface area contributed by atoms with Crippen LogP contribution in [-0.4, -0.2) is 5.91 Å². The van der Waals surface area contributed by atoms with Gasteiger partial charge in [-0.1, -0.05) is 48.5 Å². The van der Waals surface area contributed by atoms with Gasteiger partial charge in [-0.3, -0.25) is 4.79 Å². The van der Waals surface area contributed by atoms with Crippen LogP contribution < -0.4 is 5.32 Å². The second-order valence-corrected chi connectivity index (χ2v) is 3.90. The van der Waals surface area contributed by atoms with E-state index < -0.39 is 0 Å². The third-order valence-electron chi connectivity index (χ3n) is 2.92. The molecular formula is C14H11NO. The van der Waals surface area contributed by atoms with Crippen LogP contribution in [0, 0.1) is 0 Å². The standard InChI is InChI=1S/C14H11NO/c16-14-12-9-5-4-8-11(12)13(15-14)10-6-2-1-3-7-10/h1-9,13H,(H,15,16)/t13-/m0/s1. The molecule has 0 saturated carbocycles. The Bertz CT molecular complexity index is 533. The first-order valence-corrected chi connectivity index (χ1v) is 5.31. The molecule has 0 saturated heterocycles. The Morgan fingerprint density at radius 2 is 1.56 bits per heavy atom. The lowest BCUT2D eigenvalue weighted by Gasteiger charge is -2.11. The summed E-state index contributed by atoms with van der Waals surface area (Å²) in [5.74, 6) is 0.0180. The predicted molar refractivity (Wildman–Crippen MR) is 62.2 cm³/mol. The second-order valence-electron chi connectivity index (χ2n) is 3.90. The van der Waals surface area contributed by atoms with Gasteiger partial charge in [-0.15, -0.1) is 0 Å². The number of carbonyl (C=O) groups is 1. The maximum absolute atomic E-state index is 11.7. The second kappa shape index (κ2) is 3.49. The van der Waals surface area contributed by atoms with Gasteiger partial charge in [0.1, 0.15) is 0 Å².